The molecule has 2 heterocycles. The predicted molar refractivity (Wildman–Crippen MR) is 91.0 cm³/mol. The molecule has 1 saturated heterocycles. The Hall–Kier alpha value is -1.88. The van der Waals surface area contributed by atoms with E-state index in [0.717, 1.165) is 32.3 Å². The van der Waals surface area contributed by atoms with E-state index in [4.69, 9.17) is 9.15 Å². The number of ether oxygens (including phenoxy) is 1. The molecule has 1 atom stereocenters. The van der Waals surface area contributed by atoms with Crippen LogP contribution in [0.15, 0.2) is 22.6 Å². The standard InChI is InChI=1S/C19H24N2O3/c1-13-20-17-15(6-5-7-16(17)24-13)18(22)21-14-8-11-23-19(12-14)9-3-2-4-10-19/h5-7,14H,2-4,8-12H2,1H3,(H,21,22). The first-order valence-corrected chi connectivity index (χ1v) is 8.96. The molecule has 0 radical (unpaired) electrons. The first-order chi connectivity index (χ1) is 11.7. The number of fused-ring (bicyclic) bond motifs is 1. The molecule has 2 aliphatic rings. The third kappa shape index (κ3) is 2.93. The van der Waals surface area contributed by atoms with Gasteiger partial charge in [-0.3, -0.25) is 4.79 Å². The van der Waals surface area contributed by atoms with Gasteiger partial charge in [0.2, 0.25) is 0 Å². The number of benzene rings is 1. The normalized spacial score (nSPS) is 23.5. The lowest BCUT2D eigenvalue weighted by atomic mass is 9.78. The number of amides is 1. The minimum Gasteiger partial charge on any atom is -0.441 e. The van der Waals surface area contributed by atoms with Crippen LogP contribution in [0.4, 0.5) is 0 Å². The number of nitrogens with zero attached hydrogens (tertiary/aromatic N) is 1. The van der Waals surface area contributed by atoms with Gasteiger partial charge in [0, 0.05) is 19.6 Å². The Morgan fingerprint density at radius 1 is 1.29 bits per heavy atom. The van der Waals surface area contributed by atoms with Crippen molar-refractivity contribution < 1.29 is 13.9 Å². The van der Waals surface area contributed by atoms with Crippen molar-refractivity contribution >= 4 is 17.0 Å². The Kier molecular flexibility index (Phi) is 4.04. The number of carbonyl (C=O) groups is 1. The fraction of sp³-hybridized carbons (Fsp3) is 0.579. The van der Waals surface area contributed by atoms with E-state index < -0.39 is 0 Å². The number of nitrogens with one attached hydrogen (secondary N) is 1. The molecule has 1 saturated carbocycles. The van der Waals surface area contributed by atoms with Crippen LogP contribution in [0.3, 0.4) is 0 Å². The minimum atomic E-state index is -0.0632. The maximum absolute atomic E-state index is 12.8. The van der Waals surface area contributed by atoms with E-state index in [-0.39, 0.29) is 17.6 Å². The molecule has 4 rings (SSSR count). The summed E-state index contributed by atoms with van der Waals surface area (Å²) in [6.45, 7) is 2.53. The second-order valence-corrected chi connectivity index (χ2v) is 7.14. The van der Waals surface area contributed by atoms with Gasteiger partial charge < -0.3 is 14.5 Å². The Morgan fingerprint density at radius 2 is 2.12 bits per heavy atom. The van der Waals surface area contributed by atoms with Crippen molar-refractivity contribution in [2.24, 2.45) is 0 Å². The Labute approximate surface area is 141 Å². The average molecular weight is 328 g/mol. The number of carbonyl (C=O) groups excluding carboxylic acids is 1. The van der Waals surface area contributed by atoms with Gasteiger partial charge in [-0.05, 0) is 37.8 Å². The molecule has 24 heavy (non-hydrogen) atoms. The molecular weight excluding hydrogens is 304 g/mol. The van der Waals surface area contributed by atoms with Crippen molar-refractivity contribution in [1.29, 1.82) is 0 Å². The highest BCUT2D eigenvalue weighted by molar-refractivity contribution is 6.04. The summed E-state index contributed by atoms with van der Waals surface area (Å²) in [4.78, 5) is 17.1. The van der Waals surface area contributed by atoms with Crippen LogP contribution >= 0.6 is 0 Å². The molecule has 1 aliphatic carbocycles. The smallest absolute Gasteiger partial charge is 0.253 e. The maximum Gasteiger partial charge on any atom is 0.253 e. The fourth-order valence-corrected chi connectivity index (χ4v) is 4.20. The Bertz CT molecular complexity index is 741. The first kappa shape index (κ1) is 15.6. The zero-order chi connectivity index (χ0) is 16.6. The van der Waals surface area contributed by atoms with Gasteiger partial charge in [-0.15, -0.1) is 0 Å². The van der Waals surface area contributed by atoms with Crippen LogP contribution in [-0.2, 0) is 4.74 Å². The van der Waals surface area contributed by atoms with Crippen molar-refractivity contribution in [3.8, 4) is 0 Å². The van der Waals surface area contributed by atoms with Gasteiger partial charge in [-0.1, -0.05) is 25.3 Å². The van der Waals surface area contributed by atoms with Crippen molar-refractivity contribution in [1.82, 2.24) is 10.3 Å². The summed E-state index contributed by atoms with van der Waals surface area (Å²) >= 11 is 0. The molecule has 1 aromatic heterocycles. The number of hydrogen-bond acceptors (Lipinski definition) is 4. The molecule has 5 heteroatoms. The summed E-state index contributed by atoms with van der Waals surface area (Å²) in [7, 11) is 0. The van der Waals surface area contributed by atoms with E-state index in [1.165, 1.54) is 19.3 Å². The number of hydrogen-bond donors (Lipinski definition) is 1. The van der Waals surface area contributed by atoms with Gasteiger partial charge in [0.05, 0.1) is 11.2 Å². The molecule has 1 N–H and O–H groups in total. The fourth-order valence-electron chi connectivity index (χ4n) is 4.20. The molecular formula is C19H24N2O3. The summed E-state index contributed by atoms with van der Waals surface area (Å²) in [5.41, 5.74) is 1.89. The topological polar surface area (TPSA) is 64.4 Å². The largest absolute Gasteiger partial charge is 0.441 e. The monoisotopic (exact) mass is 328 g/mol. The summed E-state index contributed by atoms with van der Waals surface area (Å²) in [5, 5.41) is 3.21. The first-order valence-electron chi connectivity index (χ1n) is 8.96. The average Bonchev–Trinajstić information content (AvgIpc) is 2.95. The predicted octanol–water partition coefficient (Wildman–Crippen LogP) is 3.75. The quantitative estimate of drug-likeness (QED) is 0.912. The minimum absolute atomic E-state index is 0.00899. The van der Waals surface area contributed by atoms with Crippen LogP contribution in [0.2, 0.25) is 0 Å². The molecule has 1 aliphatic heterocycles. The number of aryl methyl sites for hydroxylation is 1. The van der Waals surface area contributed by atoms with E-state index in [1.54, 1.807) is 6.92 Å². The van der Waals surface area contributed by atoms with Gasteiger partial charge in [0.15, 0.2) is 11.5 Å². The van der Waals surface area contributed by atoms with Crippen molar-refractivity contribution in [3.63, 3.8) is 0 Å². The lowest BCUT2D eigenvalue weighted by Crippen LogP contribution is -2.49. The molecule has 1 aromatic carbocycles. The Morgan fingerprint density at radius 3 is 2.96 bits per heavy atom. The Balaban J connectivity index is 1.50. The number of para-hydroxylation sites is 1. The van der Waals surface area contributed by atoms with Crippen LogP contribution in [-0.4, -0.2) is 29.1 Å². The molecule has 1 amide bonds. The van der Waals surface area contributed by atoms with Crippen LogP contribution in [0.5, 0.6) is 0 Å². The number of rotatable bonds is 2. The molecule has 5 nitrogen and oxygen atoms in total. The summed E-state index contributed by atoms with van der Waals surface area (Å²) < 4.78 is 11.6. The van der Waals surface area contributed by atoms with E-state index in [0.29, 0.717) is 22.6 Å². The van der Waals surface area contributed by atoms with Gasteiger partial charge >= 0.3 is 0 Å². The van der Waals surface area contributed by atoms with E-state index in [2.05, 4.69) is 10.3 Å². The third-order valence-electron chi connectivity index (χ3n) is 5.36. The van der Waals surface area contributed by atoms with Crippen LogP contribution in [0.1, 0.15) is 61.2 Å². The molecule has 2 aromatic rings. The highest BCUT2D eigenvalue weighted by Crippen LogP contribution is 2.38. The lowest BCUT2D eigenvalue weighted by molar-refractivity contribution is -0.107. The highest BCUT2D eigenvalue weighted by atomic mass is 16.5. The summed E-state index contributed by atoms with van der Waals surface area (Å²) in [6, 6.07) is 5.68. The van der Waals surface area contributed by atoms with Crippen LogP contribution in [0.25, 0.3) is 11.1 Å². The molecule has 1 unspecified atom stereocenters. The second-order valence-electron chi connectivity index (χ2n) is 7.14. The molecule has 128 valence electrons. The van der Waals surface area contributed by atoms with Gasteiger partial charge in [0.25, 0.3) is 5.91 Å². The second kappa shape index (κ2) is 6.20. The van der Waals surface area contributed by atoms with Crippen LogP contribution < -0.4 is 5.32 Å². The van der Waals surface area contributed by atoms with E-state index >= 15 is 0 Å². The summed E-state index contributed by atoms with van der Waals surface area (Å²) in [6.07, 6.45) is 7.81. The van der Waals surface area contributed by atoms with E-state index in [9.17, 15) is 4.79 Å². The third-order valence-corrected chi connectivity index (χ3v) is 5.36. The number of oxazole rings is 1. The van der Waals surface area contributed by atoms with E-state index in [1.807, 2.05) is 18.2 Å². The zero-order valence-electron chi connectivity index (χ0n) is 14.1. The maximum atomic E-state index is 12.8. The van der Waals surface area contributed by atoms with Crippen molar-refractivity contribution in [3.05, 3.63) is 29.7 Å². The lowest BCUT2D eigenvalue weighted by Gasteiger charge is -2.43. The highest BCUT2D eigenvalue weighted by Gasteiger charge is 2.39. The van der Waals surface area contributed by atoms with Gasteiger partial charge in [-0.25, -0.2) is 4.98 Å². The van der Waals surface area contributed by atoms with Gasteiger partial charge in [-0.2, -0.15) is 0 Å². The van der Waals surface area contributed by atoms with Crippen molar-refractivity contribution in [2.45, 2.75) is 63.5 Å². The molecule has 2 fully saturated rings. The SMILES string of the molecule is Cc1nc2c(C(=O)NC3CCOC4(CCCCC4)C3)cccc2o1. The van der Waals surface area contributed by atoms with Crippen LogP contribution in [0, 0.1) is 6.92 Å². The zero-order valence-corrected chi connectivity index (χ0v) is 14.1. The number of aromatic nitrogens is 1. The molecule has 0 bridgehead atoms. The molecule has 1 spiro atoms. The summed E-state index contributed by atoms with van der Waals surface area (Å²) in [5.74, 6) is 0.518. The van der Waals surface area contributed by atoms with Gasteiger partial charge in [0.1, 0.15) is 5.52 Å². The van der Waals surface area contributed by atoms with Crippen molar-refractivity contribution in [2.75, 3.05) is 6.61 Å².